The van der Waals surface area contributed by atoms with Gasteiger partial charge in [0.05, 0.1) is 19.8 Å². The number of guanidine groups is 1. The number of anilines is 1. The molecule has 6 nitrogen and oxygen atoms in total. The van der Waals surface area contributed by atoms with Crippen LogP contribution in [-0.2, 0) is 4.74 Å². The molecular formula is C20H33BrIN5O. The van der Waals surface area contributed by atoms with Crippen LogP contribution in [0.15, 0.2) is 33.7 Å². The zero-order chi connectivity index (χ0) is 19.1. The fraction of sp³-hybridized carbons (Fsp3) is 0.650. The summed E-state index contributed by atoms with van der Waals surface area (Å²) < 4.78 is 6.57. The molecule has 0 spiro atoms. The Morgan fingerprint density at radius 2 is 1.96 bits per heavy atom. The highest BCUT2D eigenvalue weighted by atomic mass is 127. The Labute approximate surface area is 194 Å². The zero-order valence-corrected chi connectivity index (χ0v) is 20.8. The SMILES string of the molecule is CCNC(=NCC(C)N1CCOCC1)NC1CCN(c2ccc(Br)cc2)C1.I. The topological polar surface area (TPSA) is 52.1 Å². The molecule has 2 unspecified atom stereocenters. The Hall–Kier alpha value is -0.580. The smallest absolute Gasteiger partial charge is 0.191 e. The van der Waals surface area contributed by atoms with Crippen LogP contribution in [-0.4, -0.2) is 75.4 Å². The van der Waals surface area contributed by atoms with Crippen LogP contribution in [0.3, 0.4) is 0 Å². The van der Waals surface area contributed by atoms with Crippen molar-refractivity contribution in [2.24, 2.45) is 4.99 Å². The second-order valence-electron chi connectivity index (χ2n) is 7.27. The quantitative estimate of drug-likeness (QED) is 0.316. The van der Waals surface area contributed by atoms with Crippen molar-refractivity contribution in [3.8, 4) is 0 Å². The third kappa shape index (κ3) is 7.03. The number of benzene rings is 1. The highest BCUT2D eigenvalue weighted by Crippen LogP contribution is 2.22. The van der Waals surface area contributed by atoms with Crippen LogP contribution < -0.4 is 15.5 Å². The maximum Gasteiger partial charge on any atom is 0.191 e. The van der Waals surface area contributed by atoms with Crippen molar-refractivity contribution < 1.29 is 4.74 Å². The standard InChI is InChI=1S/C20H32BrN5O.HI/c1-3-22-20(23-14-16(2)25-10-12-27-13-11-25)24-18-8-9-26(15-18)19-6-4-17(21)5-7-19;/h4-7,16,18H,3,8-15H2,1-2H3,(H2,22,23,24);1H. The molecule has 0 saturated carbocycles. The first-order chi connectivity index (χ1) is 13.2. The zero-order valence-electron chi connectivity index (χ0n) is 16.9. The van der Waals surface area contributed by atoms with Crippen LogP contribution in [0.2, 0.25) is 0 Å². The third-order valence-electron chi connectivity index (χ3n) is 5.25. The van der Waals surface area contributed by atoms with Crippen LogP contribution in [0.25, 0.3) is 0 Å². The summed E-state index contributed by atoms with van der Waals surface area (Å²) in [5, 5.41) is 7.03. The number of morpholine rings is 1. The van der Waals surface area contributed by atoms with Gasteiger partial charge in [-0.2, -0.15) is 0 Å². The monoisotopic (exact) mass is 565 g/mol. The molecule has 0 aromatic heterocycles. The van der Waals surface area contributed by atoms with E-state index < -0.39 is 0 Å². The van der Waals surface area contributed by atoms with Crippen LogP contribution in [0.1, 0.15) is 20.3 Å². The lowest BCUT2D eigenvalue weighted by Crippen LogP contribution is -2.46. The number of aliphatic imine (C=N–C) groups is 1. The third-order valence-corrected chi connectivity index (χ3v) is 5.78. The van der Waals surface area contributed by atoms with Gasteiger partial charge in [-0.25, -0.2) is 0 Å². The van der Waals surface area contributed by atoms with E-state index in [2.05, 4.69) is 74.5 Å². The van der Waals surface area contributed by atoms with Gasteiger partial charge < -0.3 is 20.3 Å². The molecule has 3 rings (SSSR count). The van der Waals surface area contributed by atoms with Gasteiger partial charge in [-0.3, -0.25) is 9.89 Å². The largest absolute Gasteiger partial charge is 0.379 e. The van der Waals surface area contributed by atoms with Gasteiger partial charge in [-0.1, -0.05) is 15.9 Å². The molecule has 0 radical (unpaired) electrons. The number of hydrogen-bond donors (Lipinski definition) is 2. The minimum Gasteiger partial charge on any atom is -0.379 e. The molecule has 8 heteroatoms. The van der Waals surface area contributed by atoms with E-state index >= 15 is 0 Å². The molecular weight excluding hydrogens is 533 g/mol. The Morgan fingerprint density at radius 3 is 2.64 bits per heavy atom. The maximum atomic E-state index is 5.45. The molecule has 1 aromatic carbocycles. The van der Waals surface area contributed by atoms with E-state index in [-0.39, 0.29) is 24.0 Å². The summed E-state index contributed by atoms with van der Waals surface area (Å²) in [5.41, 5.74) is 1.28. The average molecular weight is 566 g/mol. The predicted molar refractivity (Wildman–Crippen MR) is 131 cm³/mol. The number of nitrogens with one attached hydrogen (secondary N) is 2. The molecule has 158 valence electrons. The second kappa shape index (κ2) is 12.2. The van der Waals surface area contributed by atoms with Gasteiger partial charge in [0, 0.05) is 55.0 Å². The fourth-order valence-corrected chi connectivity index (χ4v) is 3.90. The molecule has 1 aromatic rings. The lowest BCUT2D eigenvalue weighted by atomic mass is 10.2. The van der Waals surface area contributed by atoms with Gasteiger partial charge in [-0.15, -0.1) is 24.0 Å². The summed E-state index contributed by atoms with van der Waals surface area (Å²) in [6.07, 6.45) is 1.12. The second-order valence-corrected chi connectivity index (χ2v) is 8.19. The minimum atomic E-state index is 0. The maximum absolute atomic E-state index is 5.45. The molecule has 2 fully saturated rings. The Balaban J connectivity index is 0.00000280. The number of rotatable bonds is 6. The minimum absolute atomic E-state index is 0. The molecule has 2 N–H and O–H groups in total. The first-order valence-corrected chi connectivity index (χ1v) is 10.8. The lowest BCUT2D eigenvalue weighted by molar-refractivity contribution is 0.0220. The van der Waals surface area contributed by atoms with Gasteiger partial charge >= 0.3 is 0 Å². The summed E-state index contributed by atoms with van der Waals surface area (Å²) in [6.45, 7) is 11.8. The van der Waals surface area contributed by atoms with Crippen molar-refractivity contribution in [1.82, 2.24) is 15.5 Å². The van der Waals surface area contributed by atoms with E-state index in [1.165, 1.54) is 5.69 Å². The molecule has 28 heavy (non-hydrogen) atoms. The van der Waals surface area contributed by atoms with E-state index in [0.29, 0.717) is 12.1 Å². The van der Waals surface area contributed by atoms with Gasteiger partial charge in [0.15, 0.2) is 5.96 Å². The van der Waals surface area contributed by atoms with E-state index in [0.717, 1.165) is 69.3 Å². The summed E-state index contributed by atoms with van der Waals surface area (Å²) >= 11 is 3.51. The van der Waals surface area contributed by atoms with Crippen molar-refractivity contribution in [3.63, 3.8) is 0 Å². The Morgan fingerprint density at radius 1 is 1.25 bits per heavy atom. The van der Waals surface area contributed by atoms with Crippen molar-refractivity contribution >= 4 is 51.6 Å². The molecule has 0 amide bonds. The van der Waals surface area contributed by atoms with Crippen LogP contribution >= 0.6 is 39.9 Å². The first-order valence-electron chi connectivity index (χ1n) is 10.0. The van der Waals surface area contributed by atoms with E-state index in [4.69, 9.17) is 9.73 Å². The summed E-state index contributed by atoms with van der Waals surface area (Å²) in [7, 11) is 0. The van der Waals surface area contributed by atoms with Crippen LogP contribution in [0, 0.1) is 0 Å². The molecule has 2 aliphatic heterocycles. The van der Waals surface area contributed by atoms with Gasteiger partial charge in [0.1, 0.15) is 0 Å². The van der Waals surface area contributed by atoms with Crippen molar-refractivity contribution in [3.05, 3.63) is 28.7 Å². The van der Waals surface area contributed by atoms with E-state index in [9.17, 15) is 0 Å². The number of hydrogen-bond acceptors (Lipinski definition) is 4. The summed E-state index contributed by atoms with van der Waals surface area (Å²) in [6, 6.07) is 9.42. The predicted octanol–water partition coefficient (Wildman–Crippen LogP) is 2.92. The molecule has 2 atom stereocenters. The van der Waals surface area contributed by atoms with E-state index in [1.54, 1.807) is 0 Å². The lowest BCUT2D eigenvalue weighted by Gasteiger charge is -2.31. The fourth-order valence-electron chi connectivity index (χ4n) is 3.63. The molecule has 0 bridgehead atoms. The summed E-state index contributed by atoms with van der Waals surface area (Å²) in [4.78, 5) is 9.74. The van der Waals surface area contributed by atoms with Gasteiger partial charge in [-0.05, 0) is 44.5 Å². The molecule has 2 saturated heterocycles. The highest BCUT2D eigenvalue weighted by molar-refractivity contribution is 14.0. The number of halogens is 2. The normalized spacial score (nSPS) is 21.9. The van der Waals surface area contributed by atoms with Crippen LogP contribution in [0.5, 0.6) is 0 Å². The van der Waals surface area contributed by atoms with E-state index in [1.807, 2.05) is 0 Å². The molecule has 0 aliphatic carbocycles. The van der Waals surface area contributed by atoms with Crippen molar-refractivity contribution in [2.75, 3.05) is 57.4 Å². The van der Waals surface area contributed by atoms with Gasteiger partial charge in [0.25, 0.3) is 0 Å². The Bertz CT molecular complexity index is 609. The van der Waals surface area contributed by atoms with Gasteiger partial charge in [0.2, 0.25) is 0 Å². The average Bonchev–Trinajstić information content (AvgIpc) is 3.16. The van der Waals surface area contributed by atoms with Crippen molar-refractivity contribution in [1.29, 1.82) is 0 Å². The van der Waals surface area contributed by atoms with Crippen LogP contribution in [0.4, 0.5) is 5.69 Å². The number of nitrogens with zero attached hydrogens (tertiary/aromatic N) is 3. The number of ether oxygens (including phenoxy) is 1. The first kappa shape index (κ1) is 23.7. The summed E-state index contributed by atoms with van der Waals surface area (Å²) in [5.74, 6) is 0.931. The molecule has 2 heterocycles. The molecule has 2 aliphatic rings. The van der Waals surface area contributed by atoms with Crippen molar-refractivity contribution in [2.45, 2.75) is 32.4 Å². The highest BCUT2D eigenvalue weighted by Gasteiger charge is 2.24. The Kier molecular flexibility index (Phi) is 10.3.